The van der Waals surface area contributed by atoms with Gasteiger partial charge in [-0.05, 0) is 0 Å². The molecule has 4 aromatic heterocycles. The molecular formula is C8H12N20O2. The number of anilines is 4. The van der Waals surface area contributed by atoms with Gasteiger partial charge in [0.1, 0.15) is 11.9 Å². The highest BCUT2D eigenvalue weighted by molar-refractivity contribution is 5.18. The highest BCUT2D eigenvalue weighted by Gasteiger charge is 1.99. The van der Waals surface area contributed by atoms with Crippen LogP contribution in [0.1, 0.15) is 0 Å². The van der Waals surface area contributed by atoms with Gasteiger partial charge in [-0.15, -0.1) is 10.4 Å². The van der Waals surface area contributed by atoms with Gasteiger partial charge in [-0.25, -0.2) is 39.7 Å². The lowest BCUT2D eigenvalue weighted by molar-refractivity contribution is -0.389. The molecule has 0 spiro atoms. The first-order chi connectivity index (χ1) is 14.3. The van der Waals surface area contributed by atoms with Crippen molar-refractivity contribution < 1.29 is 9.97 Å². The molecule has 0 aliphatic heterocycles. The summed E-state index contributed by atoms with van der Waals surface area (Å²) in [5.41, 5.74) is 19.5. The van der Waals surface area contributed by atoms with Crippen LogP contribution in [0.3, 0.4) is 0 Å². The molecule has 0 radical (unpaired) electrons. The van der Waals surface area contributed by atoms with E-state index < -0.39 is 11.4 Å². The summed E-state index contributed by atoms with van der Waals surface area (Å²) in [7, 11) is 0. The standard InChI is InChI=1S/2C3H5N5O.C2N10/c2*4-1-6-2(5)8-3(9)7-1;3(1-5-9-10-6-1)4-2-7-11-12-8-2/h2*(H5,4,5,6,7,8,9);/q;;-2/p+2. The fourth-order valence-corrected chi connectivity index (χ4v) is 1.35. The van der Waals surface area contributed by atoms with Crippen molar-refractivity contribution in [3.63, 3.8) is 0 Å². The van der Waals surface area contributed by atoms with Gasteiger partial charge in [0, 0.05) is 0 Å². The summed E-state index contributed by atoms with van der Waals surface area (Å²) < 4.78 is 0. The Balaban J connectivity index is 0.000000163. The van der Waals surface area contributed by atoms with Crippen LogP contribution in [0.5, 0.6) is 0 Å². The van der Waals surface area contributed by atoms with Crippen LogP contribution in [-0.2, 0) is 0 Å². The highest BCUT2D eigenvalue weighted by Crippen LogP contribution is 2.03. The Labute approximate surface area is 162 Å². The Morgan fingerprint density at radius 2 is 1.13 bits per heavy atom. The zero-order valence-corrected chi connectivity index (χ0v) is 14.5. The van der Waals surface area contributed by atoms with Gasteiger partial charge in [0.2, 0.25) is 0 Å². The molecule has 0 bridgehead atoms. The smallest absolute Gasteiger partial charge is 0.349 e. The predicted molar refractivity (Wildman–Crippen MR) is 90.9 cm³/mol. The Morgan fingerprint density at radius 1 is 0.733 bits per heavy atom. The van der Waals surface area contributed by atoms with E-state index in [9.17, 15) is 9.59 Å². The van der Waals surface area contributed by atoms with Gasteiger partial charge in [-0.3, -0.25) is 20.4 Å². The van der Waals surface area contributed by atoms with Crippen LogP contribution in [0.25, 0.3) is 0 Å². The van der Waals surface area contributed by atoms with Crippen molar-refractivity contribution in [1.29, 1.82) is 0 Å². The average Bonchev–Trinajstić information content (AvgIpc) is 3.33. The first-order valence-electron chi connectivity index (χ1n) is 7.20. The minimum Gasteiger partial charge on any atom is -0.349 e. The topological polar surface area (TPSA) is 354 Å². The number of tetrazole rings is 2. The van der Waals surface area contributed by atoms with Crippen LogP contribution in [0.2, 0.25) is 0 Å². The summed E-state index contributed by atoms with van der Waals surface area (Å²) in [5.74, 6) is 0.125. The van der Waals surface area contributed by atoms with E-state index in [1.54, 1.807) is 0 Å². The molecule has 4 heterocycles. The number of aromatic nitrogens is 14. The number of rotatable bonds is 2. The molecule has 4 rings (SSSR count). The third-order valence-electron chi connectivity index (χ3n) is 2.29. The van der Waals surface area contributed by atoms with Crippen molar-refractivity contribution in [1.82, 2.24) is 61.2 Å². The molecule has 30 heavy (non-hydrogen) atoms. The first kappa shape index (κ1) is 20.9. The number of hydrogen-bond acceptors (Lipinski definition) is 16. The van der Waals surface area contributed by atoms with Crippen molar-refractivity contribution in [3.05, 3.63) is 21.0 Å². The van der Waals surface area contributed by atoms with E-state index in [0.717, 1.165) is 0 Å². The van der Waals surface area contributed by atoms with E-state index >= 15 is 0 Å². The Hall–Kier alpha value is -5.44. The van der Waals surface area contributed by atoms with E-state index in [0.29, 0.717) is 0 Å². The maximum Gasteiger partial charge on any atom is 0.415 e. The second-order valence-corrected chi connectivity index (χ2v) is 4.48. The number of hydrogen-bond donors (Lipinski definition) is 6. The number of H-pyrrole nitrogens is 4. The van der Waals surface area contributed by atoms with Crippen LogP contribution in [0, 0.1) is 0 Å². The van der Waals surface area contributed by atoms with Gasteiger partial charge in [-0.2, -0.15) is 10.4 Å². The fraction of sp³-hybridized carbons (Fsp3) is 0. The summed E-state index contributed by atoms with van der Waals surface area (Å²) >= 11 is 0. The molecule has 12 N–H and O–H groups in total. The highest BCUT2D eigenvalue weighted by atomic mass is 16.1. The normalized spacial score (nSPS) is 10.0. The molecule has 0 aromatic carbocycles. The average molecular weight is 420 g/mol. The minimum absolute atomic E-state index is 0.0104. The van der Waals surface area contributed by atoms with Gasteiger partial charge in [0.15, 0.2) is 0 Å². The number of aromatic amines is 4. The van der Waals surface area contributed by atoms with Gasteiger partial charge >= 0.3 is 35.2 Å². The van der Waals surface area contributed by atoms with Crippen LogP contribution in [0.15, 0.2) is 19.8 Å². The Kier molecular flexibility index (Phi) is 6.98. The lowest BCUT2D eigenvalue weighted by atomic mass is 10.9. The number of azo groups is 1. The number of nitrogen functional groups attached to an aromatic ring is 4. The molecule has 0 aliphatic rings. The Morgan fingerprint density at radius 3 is 1.40 bits per heavy atom. The number of nitrogens with zero attached hydrogens (tertiary/aromatic N) is 12. The van der Waals surface area contributed by atoms with Gasteiger partial charge in [0.25, 0.3) is 0 Å². The molecule has 0 saturated heterocycles. The van der Waals surface area contributed by atoms with E-state index in [2.05, 4.69) is 81.4 Å². The van der Waals surface area contributed by atoms with Gasteiger partial charge in [0.05, 0.1) is 0 Å². The molecule has 156 valence electrons. The van der Waals surface area contributed by atoms with Crippen molar-refractivity contribution >= 4 is 35.7 Å². The lowest BCUT2D eigenvalue weighted by Gasteiger charge is -1.91. The number of nitrogens with one attached hydrogen (secondary N) is 4. The van der Waals surface area contributed by atoms with E-state index in [1.165, 1.54) is 0 Å². The van der Waals surface area contributed by atoms with Gasteiger partial charge in [-0.1, -0.05) is 9.97 Å². The summed E-state index contributed by atoms with van der Waals surface area (Å²) in [6, 6.07) is 0. The van der Waals surface area contributed by atoms with E-state index in [-0.39, 0.29) is 35.7 Å². The predicted octanol–water partition coefficient (Wildman–Crippen LogP) is -6.12. The summed E-state index contributed by atoms with van der Waals surface area (Å²) in [5, 5.41) is 33.3. The maximum absolute atomic E-state index is 10.4. The summed E-state index contributed by atoms with van der Waals surface area (Å²) in [4.78, 5) is 36.5. The largest absolute Gasteiger partial charge is 0.415 e. The SMILES string of the molecule is N(=Nc1nnn[n-]1)c1nnn[n-]1.Nc1nc(N)[nH+]c(=O)[nH]1.Nc1nc(N)[nH+]c(=O)[nH]1. The second kappa shape index (κ2) is 10.0. The van der Waals surface area contributed by atoms with Crippen LogP contribution >= 0.6 is 0 Å². The minimum atomic E-state index is -0.458. The maximum atomic E-state index is 10.4. The third kappa shape index (κ3) is 7.43. The van der Waals surface area contributed by atoms with Crippen molar-refractivity contribution in [2.45, 2.75) is 0 Å². The monoisotopic (exact) mass is 420 g/mol. The number of nitrogens with two attached hydrogens (primary N) is 4. The quantitative estimate of drug-likeness (QED) is 0.164. The molecule has 0 amide bonds. The van der Waals surface area contributed by atoms with Crippen LogP contribution in [-0.4, -0.2) is 51.0 Å². The first-order valence-corrected chi connectivity index (χ1v) is 7.20. The zero-order valence-electron chi connectivity index (χ0n) is 14.5. The van der Waals surface area contributed by atoms with Gasteiger partial charge < -0.3 is 22.9 Å². The van der Waals surface area contributed by atoms with E-state index in [4.69, 9.17) is 22.9 Å². The molecule has 0 fully saturated rings. The zero-order chi connectivity index (χ0) is 21.9. The van der Waals surface area contributed by atoms with Crippen molar-refractivity contribution in [3.8, 4) is 0 Å². The molecular weight excluding hydrogens is 408 g/mol. The second-order valence-electron chi connectivity index (χ2n) is 4.48. The third-order valence-corrected chi connectivity index (χ3v) is 2.29. The fourth-order valence-electron chi connectivity index (χ4n) is 1.35. The Bertz CT molecular complexity index is 1030. The van der Waals surface area contributed by atoms with Crippen LogP contribution in [0.4, 0.5) is 35.7 Å². The molecule has 22 heteroatoms. The molecule has 22 nitrogen and oxygen atoms in total. The molecule has 0 atom stereocenters. The summed E-state index contributed by atoms with van der Waals surface area (Å²) in [6.45, 7) is 0. The van der Waals surface area contributed by atoms with E-state index in [1.807, 2.05) is 0 Å². The molecule has 4 aromatic rings. The molecule has 0 saturated carbocycles. The molecule has 0 aliphatic carbocycles. The summed E-state index contributed by atoms with van der Waals surface area (Å²) in [6.07, 6.45) is 0. The van der Waals surface area contributed by atoms with Crippen molar-refractivity contribution in [2.24, 2.45) is 10.2 Å². The lowest BCUT2D eigenvalue weighted by Crippen LogP contribution is -2.34. The van der Waals surface area contributed by atoms with Crippen LogP contribution < -0.4 is 54.5 Å². The molecule has 0 unspecified atom stereocenters. The van der Waals surface area contributed by atoms with Crippen molar-refractivity contribution in [2.75, 3.05) is 22.9 Å².